The fraction of sp³-hybridized carbons (Fsp3) is 0.154. The standard InChI is InChI=1S/C13H11F3N2O/c14-13(15,16)19-11-4-1-9(2-5-11)7-10-3-6-12(17)18-8-10/h1-6,8H,7H2,(H2,17,18). The van der Waals surface area contributed by atoms with E-state index in [1.807, 2.05) is 6.07 Å². The van der Waals surface area contributed by atoms with Gasteiger partial charge in [0.05, 0.1) is 0 Å². The highest BCUT2D eigenvalue weighted by atomic mass is 19.4. The minimum atomic E-state index is -4.66. The first-order valence-electron chi connectivity index (χ1n) is 5.47. The molecular formula is C13H11F3N2O. The Morgan fingerprint density at radius 1 is 1.00 bits per heavy atom. The van der Waals surface area contributed by atoms with Crippen LogP contribution in [0, 0.1) is 0 Å². The molecule has 0 saturated carbocycles. The van der Waals surface area contributed by atoms with E-state index >= 15 is 0 Å². The maximum absolute atomic E-state index is 12.0. The normalized spacial score (nSPS) is 11.3. The summed E-state index contributed by atoms with van der Waals surface area (Å²) in [5.74, 6) is 0.198. The molecule has 0 fully saturated rings. The van der Waals surface area contributed by atoms with Crippen molar-refractivity contribution in [1.29, 1.82) is 0 Å². The van der Waals surface area contributed by atoms with Crippen molar-refractivity contribution in [3.05, 3.63) is 53.7 Å². The molecular weight excluding hydrogens is 257 g/mol. The Morgan fingerprint density at radius 2 is 1.63 bits per heavy atom. The average molecular weight is 268 g/mol. The second-order valence-electron chi connectivity index (χ2n) is 3.96. The van der Waals surface area contributed by atoms with Crippen LogP contribution in [0.2, 0.25) is 0 Å². The predicted octanol–water partition coefficient (Wildman–Crippen LogP) is 3.15. The van der Waals surface area contributed by atoms with E-state index in [1.54, 1.807) is 24.4 Å². The molecule has 1 heterocycles. The van der Waals surface area contributed by atoms with Gasteiger partial charge < -0.3 is 10.5 Å². The zero-order valence-electron chi connectivity index (χ0n) is 9.82. The third-order valence-corrected chi connectivity index (χ3v) is 2.41. The Morgan fingerprint density at radius 3 is 2.16 bits per heavy atom. The SMILES string of the molecule is Nc1ccc(Cc2ccc(OC(F)(F)F)cc2)cn1. The Hall–Kier alpha value is -2.24. The van der Waals surface area contributed by atoms with E-state index in [9.17, 15) is 13.2 Å². The summed E-state index contributed by atoms with van der Waals surface area (Å²) in [4.78, 5) is 3.95. The maximum Gasteiger partial charge on any atom is 0.573 e. The Kier molecular flexibility index (Phi) is 3.59. The number of alkyl halides is 3. The molecule has 0 amide bonds. The van der Waals surface area contributed by atoms with E-state index in [1.165, 1.54) is 12.1 Å². The van der Waals surface area contributed by atoms with Gasteiger partial charge in [-0.05, 0) is 35.7 Å². The fourth-order valence-electron chi connectivity index (χ4n) is 1.59. The molecule has 6 heteroatoms. The lowest BCUT2D eigenvalue weighted by molar-refractivity contribution is -0.274. The van der Waals surface area contributed by atoms with Crippen LogP contribution in [0.4, 0.5) is 19.0 Å². The molecule has 1 aromatic heterocycles. The van der Waals surface area contributed by atoms with Crippen molar-refractivity contribution in [3.63, 3.8) is 0 Å². The summed E-state index contributed by atoms with van der Waals surface area (Å²) in [6, 6.07) is 9.23. The van der Waals surface area contributed by atoms with Crippen molar-refractivity contribution in [2.24, 2.45) is 0 Å². The number of nitrogens with zero attached hydrogens (tertiary/aromatic N) is 1. The van der Waals surface area contributed by atoms with Crippen molar-refractivity contribution in [1.82, 2.24) is 4.98 Å². The van der Waals surface area contributed by atoms with Gasteiger partial charge in [-0.2, -0.15) is 0 Å². The summed E-state index contributed by atoms with van der Waals surface area (Å²) in [7, 11) is 0. The van der Waals surface area contributed by atoms with Crippen molar-refractivity contribution in [2.75, 3.05) is 5.73 Å². The third kappa shape index (κ3) is 4.17. The van der Waals surface area contributed by atoms with Gasteiger partial charge in [0.1, 0.15) is 11.6 Å². The number of aromatic nitrogens is 1. The van der Waals surface area contributed by atoms with E-state index in [0.29, 0.717) is 12.2 Å². The molecule has 0 spiro atoms. The Bertz CT molecular complexity index is 535. The van der Waals surface area contributed by atoms with Gasteiger partial charge in [0.15, 0.2) is 0 Å². The molecule has 2 aromatic rings. The number of nitrogens with two attached hydrogens (primary N) is 1. The fourth-order valence-corrected chi connectivity index (χ4v) is 1.59. The van der Waals surface area contributed by atoms with Gasteiger partial charge in [-0.15, -0.1) is 13.2 Å². The van der Waals surface area contributed by atoms with Crippen molar-refractivity contribution < 1.29 is 17.9 Å². The Balaban J connectivity index is 2.04. The highest BCUT2D eigenvalue weighted by Gasteiger charge is 2.30. The number of rotatable bonds is 3. The van der Waals surface area contributed by atoms with Crippen LogP contribution in [0.5, 0.6) is 5.75 Å². The van der Waals surface area contributed by atoms with Gasteiger partial charge in [-0.1, -0.05) is 18.2 Å². The molecule has 0 bridgehead atoms. The van der Waals surface area contributed by atoms with Gasteiger partial charge in [-0.25, -0.2) is 4.98 Å². The van der Waals surface area contributed by atoms with Crippen molar-refractivity contribution >= 4 is 5.82 Å². The average Bonchev–Trinajstić information content (AvgIpc) is 2.33. The molecule has 19 heavy (non-hydrogen) atoms. The second-order valence-corrected chi connectivity index (χ2v) is 3.96. The number of hydrogen-bond acceptors (Lipinski definition) is 3. The highest BCUT2D eigenvalue weighted by Crippen LogP contribution is 2.23. The molecule has 0 aliphatic carbocycles. The van der Waals surface area contributed by atoms with Gasteiger partial charge >= 0.3 is 6.36 Å². The molecule has 0 atom stereocenters. The van der Waals surface area contributed by atoms with E-state index in [2.05, 4.69) is 9.72 Å². The maximum atomic E-state index is 12.0. The van der Waals surface area contributed by atoms with E-state index in [0.717, 1.165) is 11.1 Å². The van der Waals surface area contributed by atoms with E-state index < -0.39 is 6.36 Å². The minimum Gasteiger partial charge on any atom is -0.406 e. The minimum absolute atomic E-state index is 0.230. The van der Waals surface area contributed by atoms with Crippen LogP contribution in [-0.4, -0.2) is 11.3 Å². The summed E-state index contributed by atoms with van der Waals surface area (Å²) in [6.45, 7) is 0. The molecule has 0 aliphatic heterocycles. The van der Waals surface area contributed by atoms with Crippen LogP contribution in [0.15, 0.2) is 42.6 Å². The predicted molar refractivity (Wildman–Crippen MR) is 64.6 cm³/mol. The molecule has 1 aromatic carbocycles. The lowest BCUT2D eigenvalue weighted by Gasteiger charge is -2.09. The molecule has 0 radical (unpaired) electrons. The van der Waals surface area contributed by atoms with Gasteiger partial charge in [0.25, 0.3) is 0 Å². The van der Waals surface area contributed by atoms with E-state index in [-0.39, 0.29) is 5.75 Å². The van der Waals surface area contributed by atoms with Gasteiger partial charge in [0.2, 0.25) is 0 Å². The molecule has 3 nitrogen and oxygen atoms in total. The van der Waals surface area contributed by atoms with Gasteiger partial charge in [0, 0.05) is 6.20 Å². The molecule has 2 rings (SSSR count). The quantitative estimate of drug-likeness (QED) is 0.930. The van der Waals surface area contributed by atoms with Crippen LogP contribution in [0.25, 0.3) is 0 Å². The summed E-state index contributed by atoms with van der Waals surface area (Å²) < 4.78 is 39.7. The zero-order valence-corrected chi connectivity index (χ0v) is 9.82. The third-order valence-electron chi connectivity index (χ3n) is 2.41. The first-order valence-corrected chi connectivity index (χ1v) is 5.47. The number of nitrogen functional groups attached to an aromatic ring is 1. The number of ether oxygens (including phenoxy) is 1. The molecule has 100 valence electrons. The summed E-state index contributed by atoms with van der Waals surface area (Å²) in [6.07, 6.45) is -2.46. The van der Waals surface area contributed by atoms with Crippen molar-refractivity contribution in [3.8, 4) is 5.75 Å². The first-order chi connectivity index (χ1) is 8.92. The number of benzene rings is 1. The number of hydrogen-bond donors (Lipinski definition) is 1. The number of pyridine rings is 1. The summed E-state index contributed by atoms with van der Waals surface area (Å²) in [5.41, 5.74) is 7.26. The second kappa shape index (κ2) is 5.17. The lowest BCUT2D eigenvalue weighted by Crippen LogP contribution is -2.17. The summed E-state index contributed by atoms with van der Waals surface area (Å²) in [5, 5.41) is 0. The van der Waals surface area contributed by atoms with Crippen LogP contribution in [-0.2, 0) is 6.42 Å². The Labute approximate surface area is 107 Å². The van der Waals surface area contributed by atoms with Crippen molar-refractivity contribution in [2.45, 2.75) is 12.8 Å². The topological polar surface area (TPSA) is 48.1 Å². The van der Waals surface area contributed by atoms with E-state index in [4.69, 9.17) is 5.73 Å². The molecule has 0 saturated heterocycles. The number of halogens is 3. The zero-order chi connectivity index (χ0) is 13.9. The first kappa shape index (κ1) is 13.2. The number of anilines is 1. The molecule has 2 N–H and O–H groups in total. The summed E-state index contributed by atoms with van der Waals surface area (Å²) >= 11 is 0. The van der Waals surface area contributed by atoms with Crippen LogP contribution >= 0.6 is 0 Å². The highest BCUT2D eigenvalue weighted by molar-refractivity contribution is 5.34. The lowest BCUT2D eigenvalue weighted by atomic mass is 10.1. The van der Waals surface area contributed by atoms with Gasteiger partial charge in [-0.3, -0.25) is 0 Å². The van der Waals surface area contributed by atoms with Crippen LogP contribution < -0.4 is 10.5 Å². The van der Waals surface area contributed by atoms with Crippen LogP contribution in [0.3, 0.4) is 0 Å². The molecule has 0 unspecified atom stereocenters. The monoisotopic (exact) mass is 268 g/mol. The largest absolute Gasteiger partial charge is 0.573 e. The molecule has 0 aliphatic rings. The van der Waals surface area contributed by atoms with Crippen LogP contribution in [0.1, 0.15) is 11.1 Å². The smallest absolute Gasteiger partial charge is 0.406 e.